The second kappa shape index (κ2) is 6.75. The molecule has 0 aromatic rings. The zero-order valence-corrected chi connectivity index (χ0v) is 11.6. The van der Waals surface area contributed by atoms with Crippen LogP contribution in [0.5, 0.6) is 0 Å². The molecule has 2 fully saturated rings. The van der Waals surface area contributed by atoms with Gasteiger partial charge < -0.3 is 10.1 Å². The van der Waals surface area contributed by atoms with Crippen LogP contribution in [-0.4, -0.2) is 25.3 Å². The summed E-state index contributed by atoms with van der Waals surface area (Å²) in [5.41, 5.74) is 0. The Morgan fingerprint density at radius 2 is 1.76 bits per heavy atom. The molecule has 0 bridgehead atoms. The summed E-state index contributed by atoms with van der Waals surface area (Å²) < 4.78 is 5.88. The van der Waals surface area contributed by atoms with Crippen LogP contribution in [0.4, 0.5) is 0 Å². The molecular weight excluding hydrogens is 210 g/mol. The van der Waals surface area contributed by atoms with E-state index in [4.69, 9.17) is 4.74 Å². The maximum Gasteiger partial charge on any atom is 0.0594 e. The van der Waals surface area contributed by atoms with E-state index < -0.39 is 0 Å². The summed E-state index contributed by atoms with van der Waals surface area (Å²) in [6, 6.07) is 0.744. The fourth-order valence-electron chi connectivity index (χ4n) is 3.28. The van der Waals surface area contributed by atoms with Gasteiger partial charge in [0.1, 0.15) is 0 Å². The Kier molecular flexibility index (Phi) is 5.30. The average molecular weight is 239 g/mol. The van der Waals surface area contributed by atoms with Crippen molar-refractivity contribution in [1.29, 1.82) is 0 Å². The summed E-state index contributed by atoms with van der Waals surface area (Å²) in [7, 11) is 0. The van der Waals surface area contributed by atoms with Gasteiger partial charge in [0.2, 0.25) is 0 Å². The largest absolute Gasteiger partial charge is 0.377 e. The van der Waals surface area contributed by atoms with Crippen molar-refractivity contribution in [1.82, 2.24) is 5.32 Å². The highest BCUT2D eigenvalue weighted by molar-refractivity contribution is 4.79. The third-order valence-electron chi connectivity index (χ3n) is 4.79. The molecule has 0 heterocycles. The molecule has 0 aromatic carbocycles. The van der Waals surface area contributed by atoms with Gasteiger partial charge in [-0.3, -0.25) is 0 Å². The first kappa shape index (κ1) is 13.4. The van der Waals surface area contributed by atoms with Gasteiger partial charge in [-0.15, -0.1) is 0 Å². The van der Waals surface area contributed by atoms with Gasteiger partial charge in [0.15, 0.2) is 0 Å². The van der Waals surface area contributed by atoms with Crippen molar-refractivity contribution in [3.63, 3.8) is 0 Å². The molecule has 2 nitrogen and oxygen atoms in total. The minimum Gasteiger partial charge on any atom is -0.377 e. The van der Waals surface area contributed by atoms with E-state index in [-0.39, 0.29) is 0 Å². The first-order valence-electron chi connectivity index (χ1n) is 7.60. The summed E-state index contributed by atoms with van der Waals surface area (Å²) in [6.45, 7) is 6.74. The van der Waals surface area contributed by atoms with Crippen LogP contribution in [0.15, 0.2) is 0 Å². The standard InChI is InChI=1S/C15H29NO/c1-12-7-8-14(11-13(12)2)16-9-10-17-15-5-3-4-6-15/h12-16H,3-11H2,1-2H3. The maximum atomic E-state index is 5.88. The Labute approximate surface area is 107 Å². The van der Waals surface area contributed by atoms with E-state index in [1.165, 1.54) is 44.9 Å². The monoisotopic (exact) mass is 239 g/mol. The van der Waals surface area contributed by atoms with Gasteiger partial charge in [0, 0.05) is 12.6 Å². The Hall–Kier alpha value is -0.0800. The highest BCUT2D eigenvalue weighted by atomic mass is 16.5. The lowest BCUT2D eigenvalue weighted by Crippen LogP contribution is -2.38. The molecule has 2 saturated carbocycles. The normalized spacial score (nSPS) is 35.3. The van der Waals surface area contributed by atoms with Crippen molar-refractivity contribution < 1.29 is 4.74 Å². The smallest absolute Gasteiger partial charge is 0.0594 e. The lowest BCUT2D eigenvalue weighted by Gasteiger charge is -2.32. The van der Waals surface area contributed by atoms with E-state index >= 15 is 0 Å². The number of hydrogen-bond donors (Lipinski definition) is 1. The van der Waals surface area contributed by atoms with Crippen molar-refractivity contribution in [2.75, 3.05) is 13.2 Å². The molecule has 2 aliphatic rings. The topological polar surface area (TPSA) is 21.3 Å². The fourth-order valence-corrected chi connectivity index (χ4v) is 3.28. The Bertz CT molecular complexity index is 213. The third-order valence-corrected chi connectivity index (χ3v) is 4.79. The first-order chi connectivity index (χ1) is 8.25. The van der Waals surface area contributed by atoms with Crippen LogP contribution in [0, 0.1) is 11.8 Å². The summed E-state index contributed by atoms with van der Waals surface area (Å²) in [5.74, 6) is 1.81. The molecule has 1 N–H and O–H groups in total. The molecule has 0 radical (unpaired) electrons. The van der Waals surface area contributed by atoms with Gasteiger partial charge in [-0.05, 0) is 43.9 Å². The predicted molar refractivity (Wildman–Crippen MR) is 72.2 cm³/mol. The van der Waals surface area contributed by atoms with E-state index in [2.05, 4.69) is 19.2 Å². The van der Waals surface area contributed by atoms with Crippen LogP contribution < -0.4 is 5.32 Å². The van der Waals surface area contributed by atoms with Gasteiger partial charge in [0.25, 0.3) is 0 Å². The highest BCUT2D eigenvalue weighted by Gasteiger charge is 2.24. The quantitative estimate of drug-likeness (QED) is 0.743. The van der Waals surface area contributed by atoms with Crippen LogP contribution in [-0.2, 0) is 4.74 Å². The van der Waals surface area contributed by atoms with Gasteiger partial charge in [-0.25, -0.2) is 0 Å². The van der Waals surface area contributed by atoms with Crippen LogP contribution in [0.1, 0.15) is 58.8 Å². The summed E-state index contributed by atoms with van der Waals surface area (Å²) in [6.07, 6.45) is 9.99. The van der Waals surface area contributed by atoms with E-state index in [0.717, 1.165) is 31.0 Å². The lowest BCUT2D eigenvalue weighted by molar-refractivity contribution is 0.0574. The molecule has 2 aliphatic carbocycles. The minimum atomic E-state index is 0.571. The predicted octanol–water partition coefficient (Wildman–Crippen LogP) is 3.36. The zero-order valence-electron chi connectivity index (χ0n) is 11.6. The number of ether oxygens (including phenoxy) is 1. The summed E-state index contributed by atoms with van der Waals surface area (Å²) >= 11 is 0. The van der Waals surface area contributed by atoms with Crippen molar-refractivity contribution >= 4 is 0 Å². The van der Waals surface area contributed by atoms with Gasteiger partial charge in [-0.2, -0.15) is 0 Å². The Morgan fingerprint density at radius 3 is 2.47 bits per heavy atom. The molecule has 0 aromatic heterocycles. The van der Waals surface area contributed by atoms with Crippen molar-refractivity contribution in [3.05, 3.63) is 0 Å². The van der Waals surface area contributed by atoms with E-state index in [1.807, 2.05) is 0 Å². The van der Waals surface area contributed by atoms with E-state index in [9.17, 15) is 0 Å². The van der Waals surface area contributed by atoms with Crippen LogP contribution in [0.25, 0.3) is 0 Å². The molecule has 17 heavy (non-hydrogen) atoms. The van der Waals surface area contributed by atoms with Crippen LogP contribution >= 0.6 is 0 Å². The average Bonchev–Trinajstić information content (AvgIpc) is 2.82. The van der Waals surface area contributed by atoms with Gasteiger partial charge in [-0.1, -0.05) is 26.7 Å². The van der Waals surface area contributed by atoms with Crippen molar-refractivity contribution in [3.8, 4) is 0 Å². The van der Waals surface area contributed by atoms with E-state index in [1.54, 1.807) is 0 Å². The van der Waals surface area contributed by atoms with Gasteiger partial charge in [0.05, 0.1) is 12.7 Å². The third kappa shape index (κ3) is 4.26. The second-order valence-corrected chi connectivity index (χ2v) is 6.20. The molecule has 3 unspecified atom stereocenters. The molecule has 2 heteroatoms. The first-order valence-corrected chi connectivity index (χ1v) is 7.60. The SMILES string of the molecule is CC1CCC(NCCOC2CCCC2)CC1C. The fraction of sp³-hybridized carbons (Fsp3) is 1.00. The van der Waals surface area contributed by atoms with Crippen LogP contribution in [0.2, 0.25) is 0 Å². The molecule has 0 spiro atoms. The molecule has 2 rings (SSSR count). The second-order valence-electron chi connectivity index (χ2n) is 6.20. The minimum absolute atomic E-state index is 0.571. The summed E-state index contributed by atoms with van der Waals surface area (Å²) in [5, 5.41) is 3.67. The maximum absolute atomic E-state index is 5.88. The molecular formula is C15H29NO. The summed E-state index contributed by atoms with van der Waals surface area (Å²) in [4.78, 5) is 0. The molecule has 0 amide bonds. The molecule has 0 saturated heterocycles. The molecule has 100 valence electrons. The molecule has 3 atom stereocenters. The highest BCUT2D eigenvalue weighted by Crippen LogP contribution is 2.29. The van der Waals surface area contributed by atoms with Gasteiger partial charge >= 0.3 is 0 Å². The Balaban J connectivity index is 1.53. The Morgan fingerprint density at radius 1 is 1.00 bits per heavy atom. The molecule has 0 aliphatic heterocycles. The van der Waals surface area contributed by atoms with E-state index in [0.29, 0.717) is 6.10 Å². The number of hydrogen-bond acceptors (Lipinski definition) is 2. The zero-order chi connectivity index (χ0) is 12.1. The van der Waals surface area contributed by atoms with Crippen molar-refractivity contribution in [2.45, 2.75) is 70.9 Å². The number of nitrogens with one attached hydrogen (secondary N) is 1. The van der Waals surface area contributed by atoms with Crippen LogP contribution in [0.3, 0.4) is 0 Å². The lowest BCUT2D eigenvalue weighted by atomic mass is 9.79. The van der Waals surface area contributed by atoms with Crippen molar-refractivity contribution in [2.24, 2.45) is 11.8 Å². The number of rotatable bonds is 5.